The molecule has 2 aliphatic heterocycles. The molecule has 0 radical (unpaired) electrons. The fourth-order valence-corrected chi connectivity index (χ4v) is 7.45. The summed E-state index contributed by atoms with van der Waals surface area (Å²) < 4.78 is 61.6. The van der Waals surface area contributed by atoms with E-state index in [1.165, 1.54) is 15.6 Å². The van der Waals surface area contributed by atoms with Gasteiger partial charge in [-0.1, -0.05) is 56.9 Å². The van der Waals surface area contributed by atoms with E-state index in [4.69, 9.17) is 47.1 Å². The molecule has 6 atom stereocenters. The molecule has 2 amide bonds. The van der Waals surface area contributed by atoms with E-state index in [2.05, 4.69) is 36.6 Å². The monoisotopic (exact) mass is 979 g/mol. The van der Waals surface area contributed by atoms with Crippen LogP contribution < -0.4 is 26.6 Å². The van der Waals surface area contributed by atoms with Crippen molar-refractivity contribution in [3.63, 3.8) is 0 Å². The van der Waals surface area contributed by atoms with Gasteiger partial charge in [0.05, 0.1) is 64.1 Å². The maximum Gasteiger partial charge on any atom is 0.490 e. The number of hydrogen-bond acceptors (Lipinski definition) is 20. The molecule has 27 heteroatoms. The number of rotatable bonds is 26. The van der Waals surface area contributed by atoms with Crippen LogP contribution in [0.15, 0.2) is 12.4 Å². The third-order valence-electron chi connectivity index (χ3n) is 11.9. The zero-order valence-corrected chi connectivity index (χ0v) is 39.5. The van der Waals surface area contributed by atoms with E-state index in [0.717, 1.165) is 0 Å². The molecule has 0 bridgehead atoms. The van der Waals surface area contributed by atoms with Gasteiger partial charge in [-0.3, -0.25) is 9.59 Å². The van der Waals surface area contributed by atoms with Crippen molar-refractivity contribution in [3.8, 4) is 12.3 Å². The Kier molecular flexibility index (Phi) is 20.6. The van der Waals surface area contributed by atoms with Crippen LogP contribution in [0.5, 0.6) is 0 Å². The Morgan fingerprint density at radius 1 is 0.754 bits per heavy atom. The lowest BCUT2D eigenvalue weighted by molar-refractivity contribution is -0.200. The summed E-state index contributed by atoms with van der Waals surface area (Å²) in [4.78, 5) is 61.4. The van der Waals surface area contributed by atoms with Crippen molar-refractivity contribution in [3.05, 3.63) is 23.8 Å². The topological polar surface area (TPSA) is 285 Å². The standard InChI is InChI=1S/C42H65F3N16O8/c1-6-18-66-20-22-68-23-21-67-19-9-48-39-49-40(58-14-10-56(11-15-58)36(63)34(28(4)7-2)60-24-32(52-54-60)30(46)26-62)51-41(50-39)59-16-12-57(13-17-59)37(64)35(29(5)8-3)61-25-33(53-55-61)31(47)27-69-38(65)42(43,44)45/h1,24-25,28-31,34-35,62H,7-23,26-27,46-47H2,2-5H3,(H,48,49,50,51)/t28-,29-,30?,31?,34?,35?/m0/s1. The number of nitrogens with two attached hydrogens (primary N) is 2. The minimum Gasteiger partial charge on any atom is -0.457 e. The predicted molar refractivity (Wildman–Crippen MR) is 242 cm³/mol. The Bertz CT molecular complexity index is 2130. The molecule has 2 fully saturated rings. The van der Waals surface area contributed by atoms with Gasteiger partial charge in [0.15, 0.2) is 0 Å². The second-order valence-corrected chi connectivity index (χ2v) is 16.7. The number of carbonyl (C=O) groups excluding carboxylic acids is 3. The molecule has 4 unspecified atom stereocenters. The summed E-state index contributed by atoms with van der Waals surface area (Å²) in [6.45, 7) is 12.0. The predicted octanol–water partition coefficient (Wildman–Crippen LogP) is 0.119. The van der Waals surface area contributed by atoms with Gasteiger partial charge in [0.25, 0.3) is 0 Å². The third-order valence-corrected chi connectivity index (χ3v) is 11.9. The third kappa shape index (κ3) is 15.1. The molecule has 2 saturated heterocycles. The molecule has 5 heterocycles. The molecule has 69 heavy (non-hydrogen) atoms. The van der Waals surface area contributed by atoms with E-state index in [1.54, 1.807) is 16.0 Å². The van der Waals surface area contributed by atoms with Gasteiger partial charge in [0, 0.05) is 58.9 Å². The molecule has 6 N–H and O–H groups in total. The number of aromatic nitrogens is 9. The zero-order chi connectivity index (χ0) is 50.1. The number of anilines is 3. The molecule has 0 aromatic carbocycles. The van der Waals surface area contributed by atoms with Gasteiger partial charge in [-0.15, -0.1) is 16.6 Å². The molecule has 0 spiro atoms. The molecule has 24 nitrogen and oxygen atoms in total. The lowest BCUT2D eigenvalue weighted by atomic mass is 9.97. The maximum absolute atomic E-state index is 14.2. The van der Waals surface area contributed by atoms with E-state index in [-0.39, 0.29) is 42.6 Å². The highest BCUT2D eigenvalue weighted by Gasteiger charge is 2.41. The second kappa shape index (κ2) is 26.3. The number of nitrogens with zero attached hydrogens (tertiary/aromatic N) is 13. The van der Waals surface area contributed by atoms with E-state index in [9.17, 15) is 32.7 Å². The van der Waals surface area contributed by atoms with Crippen molar-refractivity contribution in [1.82, 2.24) is 54.7 Å². The first-order valence-electron chi connectivity index (χ1n) is 23.0. The number of ether oxygens (including phenoxy) is 4. The Morgan fingerprint density at radius 3 is 1.67 bits per heavy atom. The van der Waals surface area contributed by atoms with E-state index in [1.807, 2.05) is 37.5 Å². The van der Waals surface area contributed by atoms with Crippen LogP contribution in [0.4, 0.5) is 31.0 Å². The molecule has 3 aromatic heterocycles. The molecule has 2 aliphatic rings. The summed E-state index contributed by atoms with van der Waals surface area (Å²) in [5.41, 5.74) is 12.4. The number of halogens is 3. The number of nitrogens with one attached hydrogen (secondary N) is 1. The van der Waals surface area contributed by atoms with E-state index >= 15 is 0 Å². The smallest absolute Gasteiger partial charge is 0.457 e. The number of aliphatic hydroxyl groups excluding tert-OH is 1. The fourth-order valence-electron chi connectivity index (χ4n) is 7.45. The lowest BCUT2D eigenvalue weighted by Crippen LogP contribution is -2.52. The number of alkyl halides is 3. The van der Waals surface area contributed by atoms with Crippen LogP contribution in [0.1, 0.15) is 76.1 Å². The molecule has 0 aliphatic carbocycles. The number of amides is 2. The average molecular weight is 979 g/mol. The van der Waals surface area contributed by atoms with Crippen LogP contribution in [-0.4, -0.2) is 196 Å². The first-order valence-corrected chi connectivity index (χ1v) is 23.0. The van der Waals surface area contributed by atoms with Crippen molar-refractivity contribution >= 4 is 35.6 Å². The summed E-state index contributed by atoms with van der Waals surface area (Å²) in [6, 6.07) is -3.36. The Labute approximate surface area is 398 Å². The lowest BCUT2D eigenvalue weighted by Gasteiger charge is -2.38. The quantitative estimate of drug-likeness (QED) is 0.0472. The highest BCUT2D eigenvalue weighted by atomic mass is 19.4. The number of terminal acetylenes is 1. The molecule has 5 rings (SSSR count). The number of esters is 1. The normalized spacial score (nSPS) is 17.2. The maximum atomic E-state index is 14.2. The van der Waals surface area contributed by atoms with Gasteiger partial charge in [0.2, 0.25) is 29.7 Å². The van der Waals surface area contributed by atoms with Crippen molar-refractivity contribution in [1.29, 1.82) is 0 Å². The SMILES string of the molecule is C#CCOCCOCCOCCNc1nc(N2CCN(C(=O)C([C@@H](C)CC)n3cc(C(N)CO)nn3)CC2)nc(N2CCN(C(=O)C([C@@H](C)CC)n3cc(C(N)COC(=O)C(F)(F)F)nn3)CC2)n1. The Hall–Kier alpha value is -5.79. The first-order chi connectivity index (χ1) is 33.1. The van der Waals surface area contributed by atoms with Gasteiger partial charge in [-0.05, 0) is 11.8 Å². The van der Waals surface area contributed by atoms with E-state index in [0.29, 0.717) is 128 Å². The van der Waals surface area contributed by atoms with Crippen LogP contribution in [0.25, 0.3) is 0 Å². The summed E-state index contributed by atoms with van der Waals surface area (Å²) >= 11 is 0. The summed E-state index contributed by atoms with van der Waals surface area (Å²) in [7, 11) is 0. The van der Waals surface area contributed by atoms with Crippen LogP contribution >= 0.6 is 0 Å². The molecule has 0 saturated carbocycles. The first kappa shape index (κ1) is 54.2. The minimum absolute atomic E-state index is 0.0546. The average Bonchev–Trinajstić information content (AvgIpc) is 4.05. The van der Waals surface area contributed by atoms with Crippen LogP contribution in [0.3, 0.4) is 0 Å². The van der Waals surface area contributed by atoms with Crippen LogP contribution in [-0.2, 0) is 33.3 Å². The Balaban J connectivity index is 1.26. The fraction of sp³-hybridized carbons (Fsp3) is 0.714. The van der Waals surface area contributed by atoms with Gasteiger partial charge in [-0.25, -0.2) is 14.2 Å². The van der Waals surface area contributed by atoms with Crippen LogP contribution in [0, 0.1) is 24.2 Å². The molecule has 3 aromatic rings. The number of carbonyl (C=O) groups is 3. The molecular formula is C42H65F3N16O8. The van der Waals surface area contributed by atoms with Gasteiger partial charge >= 0.3 is 12.1 Å². The highest BCUT2D eigenvalue weighted by Crippen LogP contribution is 2.28. The summed E-state index contributed by atoms with van der Waals surface area (Å²) in [5.74, 6) is 0.483. The van der Waals surface area contributed by atoms with Gasteiger partial charge in [-0.2, -0.15) is 28.1 Å². The largest absolute Gasteiger partial charge is 0.490 e. The molecule has 382 valence electrons. The second-order valence-electron chi connectivity index (χ2n) is 16.7. The Morgan fingerprint density at radius 2 is 1.22 bits per heavy atom. The molecular weight excluding hydrogens is 914 g/mol. The van der Waals surface area contributed by atoms with Crippen molar-refractivity contribution in [2.45, 2.75) is 70.9 Å². The van der Waals surface area contributed by atoms with Crippen molar-refractivity contribution in [2.75, 3.05) is 127 Å². The van der Waals surface area contributed by atoms with Crippen LogP contribution in [0.2, 0.25) is 0 Å². The minimum atomic E-state index is -5.17. The zero-order valence-electron chi connectivity index (χ0n) is 39.5. The highest BCUT2D eigenvalue weighted by molar-refractivity contribution is 5.81. The van der Waals surface area contributed by atoms with E-state index < -0.39 is 42.9 Å². The number of hydrogen-bond donors (Lipinski definition) is 4. The summed E-state index contributed by atoms with van der Waals surface area (Å²) in [6.07, 6.45) is 4.32. The van der Waals surface area contributed by atoms with Crippen molar-refractivity contribution in [2.24, 2.45) is 23.3 Å². The number of piperazine rings is 2. The van der Waals surface area contributed by atoms with Crippen molar-refractivity contribution < 1.29 is 51.6 Å². The number of aliphatic hydroxyl groups is 1. The van der Waals surface area contributed by atoms with Gasteiger partial charge in [0.1, 0.15) is 36.7 Å². The van der Waals surface area contributed by atoms with Gasteiger partial charge < -0.3 is 60.4 Å². The summed E-state index contributed by atoms with van der Waals surface area (Å²) in [5, 5.41) is 29.2.